The summed E-state index contributed by atoms with van der Waals surface area (Å²) in [5, 5.41) is 2.98. The Morgan fingerprint density at radius 2 is 1.82 bits per heavy atom. The monoisotopic (exact) mass is 314 g/mol. The molecular weight excluding hydrogens is 300 g/mol. The van der Waals surface area contributed by atoms with Crippen molar-refractivity contribution in [2.24, 2.45) is 0 Å². The molecule has 0 fully saturated rings. The van der Waals surface area contributed by atoms with E-state index in [1.54, 1.807) is 29.2 Å². The Kier molecular flexibility index (Phi) is 3.86. The molecule has 0 saturated carbocycles. The third-order valence-electron chi connectivity index (χ3n) is 3.74. The number of fused-ring (bicyclic) bond motifs is 1. The molecule has 0 saturated heterocycles. The van der Waals surface area contributed by atoms with Crippen LogP contribution in [0.1, 0.15) is 12.5 Å². The first-order chi connectivity index (χ1) is 10.6. The summed E-state index contributed by atoms with van der Waals surface area (Å²) in [6, 6.07) is 14.4. The van der Waals surface area contributed by atoms with Crippen LogP contribution in [0.2, 0.25) is 5.02 Å². The van der Waals surface area contributed by atoms with Gasteiger partial charge in [0.2, 0.25) is 0 Å². The second kappa shape index (κ2) is 5.81. The average Bonchev–Trinajstić information content (AvgIpc) is 2.84. The molecule has 2 aromatic carbocycles. The maximum Gasteiger partial charge on any atom is 0.316 e. The summed E-state index contributed by atoms with van der Waals surface area (Å²) < 4.78 is 0. The second-order valence-electron chi connectivity index (χ2n) is 5.29. The van der Waals surface area contributed by atoms with Crippen LogP contribution in [0, 0.1) is 0 Å². The lowest BCUT2D eigenvalue weighted by Gasteiger charge is -2.22. The lowest BCUT2D eigenvalue weighted by molar-refractivity contribution is -0.134. The minimum Gasteiger partial charge on any atom is -0.316 e. The number of para-hydroxylation sites is 2. The molecule has 5 heteroatoms. The van der Waals surface area contributed by atoms with E-state index in [-0.39, 0.29) is 6.04 Å². The number of halogens is 1. The van der Waals surface area contributed by atoms with Gasteiger partial charge < -0.3 is 10.2 Å². The molecule has 4 nitrogen and oxygen atoms in total. The molecule has 1 aliphatic rings. The van der Waals surface area contributed by atoms with E-state index in [4.69, 9.17) is 11.6 Å². The number of amides is 2. The number of rotatable bonds is 1. The van der Waals surface area contributed by atoms with Gasteiger partial charge in [0, 0.05) is 11.7 Å². The molecule has 22 heavy (non-hydrogen) atoms. The number of carbonyl (C=O) groups excluding carboxylic acids is 2. The van der Waals surface area contributed by atoms with Crippen LogP contribution < -0.4 is 10.2 Å². The summed E-state index contributed by atoms with van der Waals surface area (Å²) in [4.78, 5) is 26.3. The van der Waals surface area contributed by atoms with Gasteiger partial charge in [0.05, 0.1) is 10.7 Å². The number of nitrogens with one attached hydrogen (secondary N) is 1. The van der Waals surface area contributed by atoms with Crippen molar-refractivity contribution in [3.63, 3.8) is 0 Å². The molecular formula is C17H15ClN2O2. The zero-order valence-electron chi connectivity index (χ0n) is 12.0. The van der Waals surface area contributed by atoms with E-state index in [1.165, 1.54) is 0 Å². The van der Waals surface area contributed by atoms with E-state index < -0.39 is 11.8 Å². The molecule has 112 valence electrons. The molecule has 1 atom stereocenters. The van der Waals surface area contributed by atoms with Crippen LogP contribution in [-0.2, 0) is 16.0 Å². The van der Waals surface area contributed by atoms with Crippen LogP contribution in [0.25, 0.3) is 0 Å². The molecule has 1 unspecified atom stereocenters. The first-order valence-corrected chi connectivity index (χ1v) is 7.42. The fourth-order valence-corrected chi connectivity index (χ4v) is 2.91. The van der Waals surface area contributed by atoms with Gasteiger partial charge in [0.25, 0.3) is 0 Å². The van der Waals surface area contributed by atoms with Gasteiger partial charge in [-0.3, -0.25) is 9.59 Å². The van der Waals surface area contributed by atoms with Gasteiger partial charge in [-0.1, -0.05) is 41.9 Å². The molecule has 2 amide bonds. The highest BCUT2D eigenvalue weighted by Crippen LogP contribution is 2.32. The third kappa shape index (κ3) is 2.57. The lowest BCUT2D eigenvalue weighted by Crippen LogP contribution is -2.43. The second-order valence-corrected chi connectivity index (χ2v) is 5.70. The van der Waals surface area contributed by atoms with Gasteiger partial charge in [0.15, 0.2) is 0 Å². The molecule has 0 bridgehead atoms. The summed E-state index contributed by atoms with van der Waals surface area (Å²) in [5.41, 5.74) is 2.31. The highest BCUT2D eigenvalue weighted by atomic mass is 35.5. The van der Waals surface area contributed by atoms with E-state index in [0.717, 1.165) is 17.7 Å². The van der Waals surface area contributed by atoms with Gasteiger partial charge in [-0.2, -0.15) is 0 Å². The topological polar surface area (TPSA) is 49.4 Å². The van der Waals surface area contributed by atoms with Crippen LogP contribution >= 0.6 is 11.6 Å². The first kappa shape index (κ1) is 14.6. The van der Waals surface area contributed by atoms with Crippen molar-refractivity contribution in [2.75, 3.05) is 10.2 Å². The zero-order chi connectivity index (χ0) is 15.7. The van der Waals surface area contributed by atoms with Crippen LogP contribution in [0.15, 0.2) is 48.5 Å². The summed E-state index contributed by atoms with van der Waals surface area (Å²) >= 11 is 6.00. The number of anilines is 2. The number of hydrogen-bond acceptors (Lipinski definition) is 2. The molecule has 0 aliphatic carbocycles. The highest BCUT2D eigenvalue weighted by molar-refractivity contribution is 6.45. The van der Waals surface area contributed by atoms with Crippen LogP contribution in [-0.4, -0.2) is 17.9 Å². The molecule has 0 spiro atoms. The number of benzene rings is 2. The lowest BCUT2D eigenvalue weighted by atomic mass is 10.1. The zero-order valence-corrected chi connectivity index (χ0v) is 12.8. The Morgan fingerprint density at radius 1 is 1.14 bits per heavy atom. The summed E-state index contributed by atoms with van der Waals surface area (Å²) in [6.07, 6.45) is 0.751. The van der Waals surface area contributed by atoms with Gasteiger partial charge in [-0.15, -0.1) is 0 Å². The Balaban J connectivity index is 1.82. The van der Waals surface area contributed by atoms with Crippen LogP contribution in [0.3, 0.4) is 0 Å². The Hall–Kier alpha value is -2.33. The number of carbonyl (C=O) groups is 2. The molecule has 3 rings (SSSR count). The molecule has 1 heterocycles. The van der Waals surface area contributed by atoms with Crippen molar-refractivity contribution < 1.29 is 9.59 Å². The maximum atomic E-state index is 12.5. The minimum absolute atomic E-state index is 0.0399. The van der Waals surface area contributed by atoms with Crippen molar-refractivity contribution >= 4 is 34.8 Å². The minimum atomic E-state index is -0.684. The van der Waals surface area contributed by atoms with Crippen molar-refractivity contribution in [1.82, 2.24) is 0 Å². The predicted molar refractivity (Wildman–Crippen MR) is 87.2 cm³/mol. The van der Waals surface area contributed by atoms with Crippen molar-refractivity contribution in [2.45, 2.75) is 19.4 Å². The van der Waals surface area contributed by atoms with Gasteiger partial charge >= 0.3 is 11.8 Å². The summed E-state index contributed by atoms with van der Waals surface area (Å²) in [5.74, 6) is -1.26. The predicted octanol–water partition coefficient (Wildman–Crippen LogP) is 3.26. The van der Waals surface area contributed by atoms with Gasteiger partial charge in [-0.25, -0.2) is 0 Å². The molecule has 0 radical (unpaired) electrons. The Morgan fingerprint density at radius 3 is 2.59 bits per heavy atom. The average molecular weight is 315 g/mol. The highest BCUT2D eigenvalue weighted by Gasteiger charge is 2.34. The quantitative estimate of drug-likeness (QED) is 0.821. The standard InChI is InChI=1S/C17H15ClN2O2/c1-11-10-12-6-2-5-9-15(12)20(11)17(22)16(21)19-14-8-4-3-7-13(14)18/h2-9,11H,10H2,1H3,(H,19,21). The third-order valence-corrected chi connectivity index (χ3v) is 4.07. The first-order valence-electron chi connectivity index (χ1n) is 7.05. The summed E-state index contributed by atoms with van der Waals surface area (Å²) in [6.45, 7) is 1.93. The normalized spacial score (nSPS) is 16.3. The van der Waals surface area contributed by atoms with E-state index in [9.17, 15) is 9.59 Å². The van der Waals surface area contributed by atoms with Gasteiger partial charge in [-0.05, 0) is 37.1 Å². The largest absolute Gasteiger partial charge is 0.316 e. The van der Waals surface area contributed by atoms with Gasteiger partial charge in [0.1, 0.15) is 0 Å². The number of hydrogen-bond donors (Lipinski definition) is 1. The van der Waals surface area contributed by atoms with Crippen molar-refractivity contribution in [3.8, 4) is 0 Å². The fraction of sp³-hybridized carbons (Fsp3) is 0.176. The smallest absolute Gasteiger partial charge is 0.316 e. The molecule has 2 aromatic rings. The van der Waals surface area contributed by atoms with E-state index >= 15 is 0 Å². The van der Waals surface area contributed by atoms with E-state index in [1.807, 2.05) is 31.2 Å². The number of nitrogens with zero attached hydrogens (tertiary/aromatic N) is 1. The van der Waals surface area contributed by atoms with Crippen molar-refractivity contribution in [1.29, 1.82) is 0 Å². The van der Waals surface area contributed by atoms with E-state index in [2.05, 4.69) is 5.32 Å². The summed E-state index contributed by atoms with van der Waals surface area (Å²) in [7, 11) is 0. The molecule has 0 aromatic heterocycles. The van der Waals surface area contributed by atoms with Crippen molar-refractivity contribution in [3.05, 3.63) is 59.1 Å². The SMILES string of the molecule is CC1Cc2ccccc2N1C(=O)C(=O)Nc1ccccc1Cl. The molecule has 1 aliphatic heterocycles. The maximum absolute atomic E-state index is 12.5. The Labute approximate surface area is 133 Å². The fourth-order valence-electron chi connectivity index (χ4n) is 2.72. The Bertz CT molecular complexity index is 745. The van der Waals surface area contributed by atoms with E-state index in [0.29, 0.717) is 10.7 Å². The molecule has 1 N–H and O–H groups in total. The van der Waals surface area contributed by atoms with Crippen LogP contribution in [0.5, 0.6) is 0 Å². The van der Waals surface area contributed by atoms with Crippen LogP contribution in [0.4, 0.5) is 11.4 Å².